The average molecular weight is 322 g/mol. The summed E-state index contributed by atoms with van der Waals surface area (Å²) in [5, 5.41) is 14.1. The first-order valence-electron chi connectivity index (χ1n) is 6.94. The number of hydrogen-bond donors (Lipinski definition) is 1. The van der Waals surface area contributed by atoms with Gasteiger partial charge in [0.05, 0.1) is 0 Å². The summed E-state index contributed by atoms with van der Waals surface area (Å²) in [4.78, 5) is 0. The van der Waals surface area contributed by atoms with Crippen LogP contribution in [0.15, 0.2) is 29.6 Å². The molecule has 0 radical (unpaired) electrons. The Morgan fingerprint density at radius 2 is 2.09 bits per heavy atom. The van der Waals surface area contributed by atoms with E-state index < -0.39 is 6.43 Å². The summed E-state index contributed by atoms with van der Waals surface area (Å²) in [5.74, 6) is 0. The molecule has 0 saturated carbocycles. The van der Waals surface area contributed by atoms with Crippen molar-refractivity contribution >= 4 is 21.4 Å². The molecule has 7 heteroatoms. The van der Waals surface area contributed by atoms with E-state index in [1.165, 1.54) is 22.7 Å². The Morgan fingerprint density at radius 1 is 1.32 bits per heavy atom. The zero-order valence-electron chi connectivity index (χ0n) is 12.3. The smallest absolute Gasteiger partial charge is 0.281 e. The predicted octanol–water partition coefficient (Wildman–Crippen LogP) is 3.82. The summed E-state index contributed by atoms with van der Waals surface area (Å²) in [6, 6.07) is 8.21. The van der Waals surface area contributed by atoms with Crippen LogP contribution in [0.25, 0.3) is 10.1 Å². The van der Waals surface area contributed by atoms with Crippen molar-refractivity contribution in [3.63, 3.8) is 0 Å². The highest BCUT2D eigenvalue weighted by atomic mass is 32.1. The highest BCUT2D eigenvalue weighted by molar-refractivity contribution is 7.17. The van der Waals surface area contributed by atoms with E-state index in [9.17, 15) is 8.78 Å². The summed E-state index contributed by atoms with van der Waals surface area (Å²) < 4.78 is 28.4. The minimum absolute atomic E-state index is 0.0451. The SMILES string of the molecule is CC(NCc1nnn(C)c1C(F)F)c1csc2ccccc12. The lowest BCUT2D eigenvalue weighted by Crippen LogP contribution is -2.19. The molecule has 1 aromatic carbocycles. The van der Waals surface area contributed by atoms with Crippen molar-refractivity contribution < 1.29 is 8.78 Å². The molecule has 0 aliphatic heterocycles. The Bertz CT molecular complexity index is 781. The van der Waals surface area contributed by atoms with Gasteiger partial charge < -0.3 is 5.32 Å². The number of nitrogens with one attached hydrogen (secondary N) is 1. The molecule has 0 saturated heterocycles. The zero-order chi connectivity index (χ0) is 15.7. The molecular weight excluding hydrogens is 306 g/mol. The summed E-state index contributed by atoms with van der Waals surface area (Å²) in [6.45, 7) is 2.28. The Balaban J connectivity index is 1.77. The van der Waals surface area contributed by atoms with Crippen molar-refractivity contribution in [2.24, 2.45) is 7.05 Å². The molecule has 4 nitrogen and oxygen atoms in total. The van der Waals surface area contributed by atoms with Crippen molar-refractivity contribution in [1.82, 2.24) is 20.3 Å². The molecule has 1 unspecified atom stereocenters. The van der Waals surface area contributed by atoms with Crippen molar-refractivity contribution in [1.29, 1.82) is 0 Å². The van der Waals surface area contributed by atoms with E-state index in [1.807, 2.05) is 19.1 Å². The monoisotopic (exact) mass is 322 g/mol. The van der Waals surface area contributed by atoms with Crippen LogP contribution in [-0.2, 0) is 13.6 Å². The number of alkyl halides is 2. The van der Waals surface area contributed by atoms with Crippen LogP contribution in [0, 0.1) is 0 Å². The van der Waals surface area contributed by atoms with Crippen molar-refractivity contribution in [3.8, 4) is 0 Å². The molecule has 0 fully saturated rings. The standard InChI is InChI=1S/C15H16F2N4S/c1-9(11-8-22-13-6-4-3-5-10(11)13)18-7-12-14(15(16)17)21(2)20-19-12/h3-6,8-9,15,18H,7H2,1-2H3. The van der Waals surface area contributed by atoms with Gasteiger partial charge in [-0.25, -0.2) is 13.5 Å². The van der Waals surface area contributed by atoms with Crippen LogP contribution in [0.3, 0.4) is 0 Å². The predicted molar refractivity (Wildman–Crippen MR) is 83.0 cm³/mol. The molecule has 1 atom stereocenters. The first-order chi connectivity index (χ1) is 10.6. The molecule has 3 aromatic rings. The minimum Gasteiger partial charge on any atom is -0.304 e. The fourth-order valence-corrected chi connectivity index (χ4v) is 3.55. The van der Waals surface area contributed by atoms with E-state index in [1.54, 1.807) is 11.3 Å². The molecule has 22 heavy (non-hydrogen) atoms. The molecule has 0 amide bonds. The van der Waals surface area contributed by atoms with Gasteiger partial charge in [-0.2, -0.15) is 0 Å². The molecule has 2 aromatic heterocycles. The number of hydrogen-bond acceptors (Lipinski definition) is 4. The zero-order valence-corrected chi connectivity index (χ0v) is 13.1. The number of aromatic nitrogens is 3. The van der Waals surface area contributed by atoms with Crippen LogP contribution in [0.4, 0.5) is 8.78 Å². The molecule has 116 valence electrons. The lowest BCUT2D eigenvalue weighted by atomic mass is 10.1. The van der Waals surface area contributed by atoms with E-state index in [4.69, 9.17) is 0 Å². The topological polar surface area (TPSA) is 42.7 Å². The van der Waals surface area contributed by atoms with E-state index in [2.05, 4.69) is 33.1 Å². The number of thiophene rings is 1. The van der Waals surface area contributed by atoms with Gasteiger partial charge in [-0.15, -0.1) is 16.4 Å². The van der Waals surface area contributed by atoms with E-state index >= 15 is 0 Å². The van der Waals surface area contributed by atoms with E-state index in [0.29, 0.717) is 5.69 Å². The Hall–Kier alpha value is -1.86. The molecule has 0 spiro atoms. The van der Waals surface area contributed by atoms with Crippen LogP contribution >= 0.6 is 11.3 Å². The third-order valence-electron chi connectivity index (χ3n) is 3.70. The van der Waals surface area contributed by atoms with Gasteiger partial charge in [0.15, 0.2) is 0 Å². The molecular formula is C15H16F2N4S. The number of benzene rings is 1. The average Bonchev–Trinajstić information content (AvgIpc) is 3.08. The number of aryl methyl sites for hydroxylation is 1. The van der Waals surface area contributed by atoms with Gasteiger partial charge in [0.1, 0.15) is 11.4 Å². The van der Waals surface area contributed by atoms with Crippen LogP contribution in [0.1, 0.15) is 36.3 Å². The van der Waals surface area contributed by atoms with E-state index in [-0.39, 0.29) is 18.3 Å². The van der Waals surface area contributed by atoms with Crippen LogP contribution in [0.2, 0.25) is 0 Å². The van der Waals surface area contributed by atoms with Gasteiger partial charge >= 0.3 is 0 Å². The molecule has 3 rings (SSSR count). The molecule has 1 N–H and O–H groups in total. The van der Waals surface area contributed by atoms with Gasteiger partial charge in [0.2, 0.25) is 0 Å². The van der Waals surface area contributed by atoms with E-state index in [0.717, 1.165) is 4.68 Å². The first-order valence-corrected chi connectivity index (χ1v) is 7.82. The summed E-state index contributed by atoms with van der Waals surface area (Å²) in [5.41, 5.74) is 1.34. The highest BCUT2D eigenvalue weighted by Crippen LogP contribution is 2.30. The Kier molecular flexibility index (Phi) is 4.17. The summed E-state index contributed by atoms with van der Waals surface area (Å²) in [7, 11) is 1.48. The quantitative estimate of drug-likeness (QED) is 0.776. The third-order valence-corrected chi connectivity index (χ3v) is 4.69. The normalized spacial score (nSPS) is 13.1. The van der Waals surface area contributed by atoms with Gasteiger partial charge in [-0.1, -0.05) is 23.4 Å². The highest BCUT2D eigenvalue weighted by Gasteiger charge is 2.20. The Morgan fingerprint density at radius 3 is 2.86 bits per heavy atom. The van der Waals surface area contributed by atoms with Gasteiger partial charge in [-0.05, 0) is 29.3 Å². The van der Waals surface area contributed by atoms with Crippen molar-refractivity contribution in [3.05, 3.63) is 46.6 Å². The van der Waals surface area contributed by atoms with Crippen LogP contribution in [0.5, 0.6) is 0 Å². The van der Waals surface area contributed by atoms with Crippen LogP contribution < -0.4 is 5.32 Å². The second-order valence-electron chi connectivity index (χ2n) is 5.14. The van der Waals surface area contributed by atoms with Crippen molar-refractivity contribution in [2.75, 3.05) is 0 Å². The molecule has 2 heterocycles. The van der Waals surface area contributed by atoms with Crippen molar-refractivity contribution in [2.45, 2.75) is 25.9 Å². The number of nitrogens with zero attached hydrogens (tertiary/aromatic N) is 3. The lowest BCUT2D eigenvalue weighted by Gasteiger charge is -2.13. The maximum absolute atomic E-state index is 13.0. The second-order valence-corrected chi connectivity index (χ2v) is 6.05. The maximum atomic E-state index is 13.0. The first kappa shape index (κ1) is 15.1. The van der Waals surface area contributed by atoms with Gasteiger partial charge in [0.25, 0.3) is 6.43 Å². The molecule has 0 bridgehead atoms. The fourth-order valence-electron chi connectivity index (χ4n) is 2.49. The number of rotatable bonds is 5. The lowest BCUT2D eigenvalue weighted by molar-refractivity contribution is 0.139. The largest absolute Gasteiger partial charge is 0.304 e. The second kappa shape index (κ2) is 6.10. The summed E-state index contributed by atoms with van der Waals surface area (Å²) >= 11 is 1.68. The maximum Gasteiger partial charge on any atom is 0.281 e. The fraction of sp³-hybridized carbons (Fsp3) is 0.333. The van der Waals surface area contributed by atoms with Gasteiger partial charge in [0, 0.05) is 24.3 Å². The van der Waals surface area contributed by atoms with Crippen LogP contribution in [-0.4, -0.2) is 15.0 Å². The Labute approximate surface area is 130 Å². The molecule has 0 aliphatic rings. The summed E-state index contributed by atoms with van der Waals surface area (Å²) in [6.07, 6.45) is -2.57. The minimum atomic E-state index is -2.57. The van der Waals surface area contributed by atoms with Gasteiger partial charge in [-0.3, -0.25) is 0 Å². The molecule has 0 aliphatic carbocycles. The number of fused-ring (bicyclic) bond motifs is 1. The third kappa shape index (κ3) is 2.74. The number of halogens is 2.